The van der Waals surface area contributed by atoms with Gasteiger partial charge < -0.3 is 15.0 Å². The summed E-state index contributed by atoms with van der Waals surface area (Å²) in [6.45, 7) is 7.45. The smallest absolute Gasteiger partial charge is 0.407 e. The van der Waals surface area contributed by atoms with Gasteiger partial charge in [-0.1, -0.05) is 0 Å². The fraction of sp³-hybridized carbons (Fsp3) is 0.500. The van der Waals surface area contributed by atoms with Gasteiger partial charge in [0.2, 0.25) is 0 Å². The van der Waals surface area contributed by atoms with Crippen molar-refractivity contribution in [2.75, 3.05) is 0 Å². The molecule has 0 radical (unpaired) electrons. The standard InChI is InChI=1S/C12H18N2O3/c1-8-5-9(6-13-10(8)15)7-14-11(16)17-12(2,3)4/h5-6H,7H2,1-4H3,(H,13,15)(H,14,16). The third-order valence-electron chi connectivity index (χ3n) is 1.98. The zero-order valence-corrected chi connectivity index (χ0v) is 10.6. The first-order valence-electron chi connectivity index (χ1n) is 5.43. The van der Waals surface area contributed by atoms with Crippen molar-refractivity contribution in [3.8, 4) is 0 Å². The molecule has 0 unspecified atom stereocenters. The van der Waals surface area contributed by atoms with Gasteiger partial charge in [-0.2, -0.15) is 0 Å². The van der Waals surface area contributed by atoms with E-state index in [9.17, 15) is 9.59 Å². The summed E-state index contributed by atoms with van der Waals surface area (Å²) in [5.74, 6) is 0. The molecule has 1 heterocycles. The van der Waals surface area contributed by atoms with Crippen LogP contribution in [0.15, 0.2) is 17.1 Å². The van der Waals surface area contributed by atoms with Crippen molar-refractivity contribution >= 4 is 6.09 Å². The number of aromatic nitrogens is 1. The van der Waals surface area contributed by atoms with Crippen LogP contribution in [-0.4, -0.2) is 16.7 Å². The monoisotopic (exact) mass is 238 g/mol. The molecule has 5 nitrogen and oxygen atoms in total. The van der Waals surface area contributed by atoms with E-state index in [0.717, 1.165) is 5.56 Å². The average molecular weight is 238 g/mol. The van der Waals surface area contributed by atoms with Gasteiger partial charge in [0.15, 0.2) is 0 Å². The molecule has 5 heteroatoms. The lowest BCUT2D eigenvalue weighted by atomic mass is 10.2. The van der Waals surface area contributed by atoms with Crippen LogP contribution in [0.4, 0.5) is 4.79 Å². The fourth-order valence-electron chi connectivity index (χ4n) is 1.25. The molecule has 0 saturated carbocycles. The summed E-state index contributed by atoms with van der Waals surface area (Å²) in [6.07, 6.45) is 1.11. The zero-order chi connectivity index (χ0) is 13.1. The van der Waals surface area contributed by atoms with E-state index in [0.29, 0.717) is 12.1 Å². The zero-order valence-electron chi connectivity index (χ0n) is 10.6. The number of ether oxygens (including phenoxy) is 1. The molecule has 0 spiro atoms. The van der Waals surface area contributed by atoms with Crippen molar-refractivity contribution in [3.63, 3.8) is 0 Å². The minimum atomic E-state index is -0.509. The van der Waals surface area contributed by atoms with E-state index in [2.05, 4.69) is 10.3 Å². The molecule has 0 bridgehead atoms. The Hall–Kier alpha value is -1.78. The number of pyridine rings is 1. The number of aromatic amines is 1. The summed E-state index contributed by atoms with van der Waals surface area (Å²) in [7, 11) is 0. The Morgan fingerprint density at radius 3 is 2.65 bits per heavy atom. The Labute approximate surface area is 100 Å². The second kappa shape index (κ2) is 5.03. The summed E-state index contributed by atoms with van der Waals surface area (Å²) < 4.78 is 5.09. The number of rotatable bonds is 2. The molecule has 1 aromatic heterocycles. The van der Waals surface area contributed by atoms with E-state index >= 15 is 0 Å². The van der Waals surface area contributed by atoms with Gasteiger partial charge in [0.25, 0.3) is 5.56 Å². The highest BCUT2D eigenvalue weighted by atomic mass is 16.6. The van der Waals surface area contributed by atoms with E-state index in [1.807, 2.05) is 0 Å². The highest BCUT2D eigenvalue weighted by Crippen LogP contribution is 2.06. The molecule has 1 rings (SSSR count). The third kappa shape index (κ3) is 4.72. The topological polar surface area (TPSA) is 71.2 Å². The number of amides is 1. The molecule has 0 aliphatic rings. The minimum Gasteiger partial charge on any atom is -0.444 e. The highest BCUT2D eigenvalue weighted by Gasteiger charge is 2.15. The maximum Gasteiger partial charge on any atom is 0.407 e. The summed E-state index contributed by atoms with van der Waals surface area (Å²) in [5.41, 5.74) is 0.817. The van der Waals surface area contributed by atoms with Crippen LogP contribution < -0.4 is 10.9 Å². The number of hydrogen-bond acceptors (Lipinski definition) is 3. The second-order valence-electron chi connectivity index (χ2n) is 4.88. The van der Waals surface area contributed by atoms with E-state index < -0.39 is 11.7 Å². The molecule has 0 fully saturated rings. The molecule has 0 aliphatic carbocycles. The predicted molar refractivity (Wildman–Crippen MR) is 64.9 cm³/mol. The largest absolute Gasteiger partial charge is 0.444 e. The number of alkyl carbamates (subject to hydrolysis) is 1. The van der Waals surface area contributed by atoms with Crippen LogP contribution >= 0.6 is 0 Å². The fourth-order valence-corrected chi connectivity index (χ4v) is 1.25. The number of H-pyrrole nitrogens is 1. The molecule has 1 aromatic rings. The molecule has 0 aliphatic heterocycles. The van der Waals surface area contributed by atoms with Crippen LogP contribution in [0, 0.1) is 6.92 Å². The van der Waals surface area contributed by atoms with Crippen molar-refractivity contribution in [2.45, 2.75) is 39.8 Å². The maximum atomic E-state index is 11.4. The van der Waals surface area contributed by atoms with Crippen LogP contribution in [0.2, 0.25) is 0 Å². The molecule has 0 aromatic carbocycles. The summed E-state index contributed by atoms with van der Waals surface area (Å²) in [5, 5.41) is 2.62. The van der Waals surface area contributed by atoms with Gasteiger partial charge in [0.05, 0.1) is 0 Å². The maximum absolute atomic E-state index is 11.4. The van der Waals surface area contributed by atoms with E-state index in [1.54, 1.807) is 40.0 Å². The number of hydrogen-bond donors (Lipinski definition) is 2. The molecule has 94 valence electrons. The van der Waals surface area contributed by atoms with Gasteiger partial charge in [0.1, 0.15) is 5.60 Å². The van der Waals surface area contributed by atoms with Gasteiger partial charge in [-0.25, -0.2) is 4.79 Å². The third-order valence-corrected chi connectivity index (χ3v) is 1.98. The minimum absolute atomic E-state index is 0.119. The number of carbonyl (C=O) groups excluding carboxylic acids is 1. The molecule has 1 amide bonds. The van der Waals surface area contributed by atoms with Crippen LogP contribution in [0.25, 0.3) is 0 Å². The molecule has 0 atom stereocenters. The van der Waals surface area contributed by atoms with Crippen molar-refractivity contribution < 1.29 is 9.53 Å². The van der Waals surface area contributed by atoms with Crippen molar-refractivity contribution in [2.24, 2.45) is 0 Å². The van der Waals surface area contributed by atoms with Gasteiger partial charge in [-0.3, -0.25) is 4.79 Å². The lowest BCUT2D eigenvalue weighted by Gasteiger charge is -2.19. The van der Waals surface area contributed by atoms with Crippen LogP contribution in [0.3, 0.4) is 0 Å². The van der Waals surface area contributed by atoms with E-state index in [1.165, 1.54) is 0 Å². The van der Waals surface area contributed by atoms with Crippen molar-refractivity contribution in [3.05, 3.63) is 33.7 Å². The Bertz CT molecular complexity index is 458. The van der Waals surface area contributed by atoms with E-state index in [-0.39, 0.29) is 5.56 Å². The number of nitrogens with one attached hydrogen (secondary N) is 2. The van der Waals surface area contributed by atoms with Crippen molar-refractivity contribution in [1.29, 1.82) is 0 Å². The lowest BCUT2D eigenvalue weighted by molar-refractivity contribution is 0.0523. The first-order chi connectivity index (χ1) is 7.78. The quantitative estimate of drug-likeness (QED) is 0.823. The van der Waals surface area contributed by atoms with Crippen LogP contribution in [0.1, 0.15) is 31.9 Å². The van der Waals surface area contributed by atoms with E-state index in [4.69, 9.17) is 4.74 Å². The Morgan fingerprint density at radius 1 is 1.47 bits per heavy atom. The van der Waals surface area contributed by atoms with Gasteiger partial charge in [-0.05, 0) is 39.3 Å². The van der Waals surface area contributed by atoms with Gasteiger partial charge >= 0.3 is 6.09 Å². The molecule has 17 heavy (non-hydrogen) atoms. The first kappa shape index (κ1) is 13.3. The normalized spacial score (nSPS) is 11.1. The molecule has 0 saturated heterocycles. The Balaban J connectivity index is 2.53. The molecule has 2 N–H and O–H groups in total. The van der Waals surface area contributed by atoms with Crippen LogP contribution in [-0.2, 0) is 11.3 Å². The van der Waals surface area contributed by atoms with Crippen molar-refractivity contribution in [1.82, 2.24) is 10.3 Å². The Morgan fingerprint density at radius 2 is 2.12 bits per heavy atom. The second-order valence-corrected chi connectivity index (χ2v) is 4.88. The summed E-state index contributed by atoms with van der Waals surface area (Å²) in [6, 6.07) is 1.73. The van der Waals surface area contributed by atoms with Crippen LogP contribution in [0.5, 0.6) is 0 Å². The highest BCUT2D eigenvalue weighted by molar-refractivity contribution is 5.67. The lowest BCUT2D eigenvalue weighted by Crippen LogP contribution is -2.32. The number of carbonyl (C=O) groups is 1. The van der Waals surface area contributed by atoms with Gasteiger partial charge in [0, 0.05) is 18.3 Å². The van der Waals surface area contributed by atoms with Gasteiger partial charge in [-0.15, -0.1) is 0 Å². The summed E-state index contributed by atoms with van der Waals surface area (Å²) >= 11 is 0. The molecular weight excluding hydrogens is 220 g/mol. The SMILES string of the molecule is Cc1cc(CNC(=O)OC(C)(C)C)c[nH]c1=O. The Kier molecular flexibility index (Phi) is 3.93. The first-order valence-corrected chi connectivity index (χ1v) is 5.43. The predicted octanol–water partition coefficient (Wildman–Crippen LogP) is 1.71. The number of aryl methyl sites for hydroxylation is 1. The molecular formula is C12H18N2O3. The summed E-state index contributed by atoms with van der Waals surface area (Å²) in [4.78, 5) is 25.1. The average Bonchev–Trinajstić information content (AvgIpc) is 2.17.